The van der Waals surface area contributed by atoms with Crippen LogP contribution in [0.1, 0.15) is 12.8 Å². The largest absolute Gasteiger partial charge is 0.497 e. The van der Waals surface area contributed by atoms with Gasteiger partial charge in [-0.3, -0.25) is 9.59 Å². The second kappa shape index (κ2) is 8.27. The highest BCUT2D eigenvalue weighted by molar-refractivity contribution is 5.79. The standard InChI is InChI=1S/C20H18O7/c1-24-13-4-6-14(7-5-13)27-18-12-26-17-11-15(8-9-16(17)20(18)23)25-10-2-3-19(21)22/h4-9,11-12H,2-3,10H2,1H3,(H,21,22). The summed E-state index contributed by atoms with van der Waals surface area (Å²) in [5, 5.41) is 8.98. The van der Waals surface area contributed by atoms with Crippen molar-refractivity contribution in [2.75, 3.05) is 13.7 Å². The Balaban J connectivity index is 1.75. The van der Waals surface area contributed by atoms with Gasteiger partial charge in [0.25, 0.3) is 0 Å². The van der Waals surface area contributed by atoms with E-state index in [-0.39, 0.29) is 24.2 Å². The molecule has 27 heavy (non-hydrogen) atoms. The third-order valence-electron chi connectivity index (χ3n) is 3.81. The summed E-state index contributed by atoms with van der Waals surface area (Å²) in [7, 11) is 1.57. The first-order chi connectivity index (χ1) is 13.1. The van der Waals surface area contributed by atoms with Crippen molar-refractivity contribution in [3.05, 3.63) is 59.0 Å². The van der Waals surface area contributed by atoms with Gasteiger partial charge in [-0.2, -0.15) is 0 Å². The van der Waals surface area contributed by atoms with Crippen LogP contribution in [0.3, 0.4) is 0 Å². The lowest BCUT2D eigenvalue weighted by molar-refractivity contribution is -0.137. The molecule has 3 rings (SSSR count). The molecule has 1 aromatic heterocycles. The Bertz CT molecular complexity index is 989. The number of hydrogen-bond acceptors (Lipinski definition) is 6. The highest BCUT2D eigenvalue weighted by Gasteiger charge is 2.10. The second-order valence-corrected chi connectivity index (χ2v) is 5.71. The molecule has 7 nitrogen and oxygen atoms in total. The summed E-state index contributed by atoms with van der Waals surface area (Å²) in [6.07, 6.45) is 1.68. The number of ether oxygens (including phenoxy) is 3. The first kappa shape index (κ1) is 18.3. The van der Waals surface area contributed by atoms with Crippen molar-refractivity contribution in [1.29, 1.82) is 0 Å². The van der Waals surface area contributed by atoms with Crippen LogP contribution in [0.2, 0.25) is 0 Å². The normalized spacial score (nSPS) is 10.6. The van der Waals surface area contributed by atoms with Gasteiger partial charge >= 0.3 is 5.97 Å². The molecule has 0 atom stereocenters. The molecular formula is C20H18O7. The molecule has 0 fully saturated rings. The molecule has 0 bridgehead atoms. The third-order valence-corrected chi connectivity index (χ3v) is 3.81. The van der Waals surface area contributed by atoms with E-state index in [4.69, 9.17) is 23.7 Å². The smallest absolute Gasteiger partial charge is 0.303 e. The monoisotopic (exact) mass is 370 g/mol. The molecular weight excluding hydrogens is 352 g/mol. The van der Waals surface area contributed by atoms with Gasteiger partial charge in [0.1, 0.15) is 29.1 Å². The number of fused-ring (bicyclic) bond motifs is 1. The van der Waals surface area contributed by atoms with Crippen LogP contribution in [0.15, 0.2) is 57.9 Å². The molecule has 1 N–H and O–H groups in total. The lowest BCUT2D eigenvalue weighted by Gasteiger charge is -2.08. The molecule has 0 spiro atoms. The van der Waals surface area contributed by atoms with Crippen LogP contribution in [0.25, 0.3) is 11.0 Å². The Kier molecular flexibility index (Phi) is 5.61. The number of rotatable bonds is 8. The van der Waals surface area contributed by atoms with Crippen LogP contribution in [0.4, 0.5) is 0 Å². The summed E-state index contributed by atoms with van der Waals surface area (Å²) in [6.45, 7) is 0.265. The van der Waals surface area contributed by atoms with E-state index in [2.05, 4.69) is 0 Å². The predicted molar refractivity (Wildman–Crippen MR) is 97.9 cm³/mol. The van der Waals surface area contributed by atoms with Gasteiger partial charge in [0.15, 0.2) is 0 Å². The van der Waals surface area contributed by atoms with Gasteiger partial charge in [-0.1, -0.05) is 0 Å². The van der Waals surface area contributed by atoms with Crippen LogP contribution in [-0.2, 0) is 4.79 Å². The second-order valence-electron chi connectivity index (χ2n) is 5.71. The van der Waals surface area contributed by atoms with E-state index in [9.17, 15) is 9.59 Å². The maximum absolute atomic E-state index is 12.6. The Labute approximate surface area is 154 Å². The van der Waals surface area contributed by atoms with Crippen molar-refractivity contribution in [2.24, 2.45) is 0 Å². The molecule has 0 aliphatic heterocycles. The average molecular weight is 370 g/mol. The van der Waals surface area contributed by atoms with E-state index in [0.29, 0.717) is 34.6 Å². The van der Waals surface area contributed by atoms with E-state index in [1.165, 1.54) is 6.26 Å². The Morgan fingerprint density at radius 3 is 2.48 bits per heavy atom. The van der Waals surface area contributed by atoms with Gasteiger partial charge in [0, 0.05) is 12.5 Å². The van der Waals surface area contributed by atoms with Gasteiger partial charge < -0.3 is 23.7 Å². The first-order valence-electron chi connectivity index (χ1n) is 8.29. The topological polar surface area (TPSA) is 95.2 Å². The minimum atomic E-state index is -0.868. The summed E-state index contributed by atoms with van der Waals surface area (Å²) in [5.74, 6) is 0.875. The number of carboxylic acids is 1. The minimum absolute atomic E-state index is 0.0364. The van der Waals surface area contributed by atoms with E-state index in [1.807, 2.05) is 0 Å². The van der Waals surface area contributed by atoms with Crippen LogP contribution < -0.4 is 19.6 Å². The molecule has 3 aromatic rings. The van der Waals surface area contributed by atoms with Crippen molar-refractivity contribution < 1.29 is 28.5 Å². The number of hydrogen-bond donors (Lipinski definition) is 1. The minimum Gasteiger partial charge on any atom is -0.497 e. The molecule has 0 aliphatic carbocycles. The summed E-state index contributed by atoms with van der Waals surface area (Å²) in [4.78, 5) is 23.1. The molecule has 140 valence electrons. The van der Waals surface area contributed by atoms with Gasteiger partial charge in [-0.05, 0) is 42.8 Å². The molecule has 1 heterocycles. The van der Waals surface area contributed by atoms with Crippen LogP contribution in [0, 0.1) is 0 Å². The van der Waals surface area contributed by atoms with Crippen molar-refractivity contribution in [2.45, 2.75) is 12.8 Å². The number of methoxy groups -OCH3 is 1. The molecule has 0 radical (unpaired) electrons. The van der Waals surface area contributed by atoms with Crippen molar-refractivity contribution >= 4 is 16.9 Å². The fourth-order valence-corrected chi connectivity index (χ4v) is 2.44. The Morgan fingerprint density at radius 1 is 1.07 bits per heavy atom. The molecule has 0 saturated carbocycles. The van der Waals surface area contributed by atoms with Crippen molar-refractivity contribution in [1.82, 2.24) is 0 Å². The highest BCUT2D eigenvalue weighted by Crippen LogP contribution is 2.25. The number of carboxylic acid groups (broad SMARTS) is 1. The zero-order valence-corrected chi connectivity index (χ0v) is 14.6. The fourth-order valence-electron chi connectivity index (χ4n) is 2.44. The molecule has 0 unspecified atom stereocenters. The fraction of sp³-hybridized carbons (Fsp3) is 0.200. The first-order valence-corrected chi connectivity index (χ1v) is 8.29. The number of aliphatic carboxylic acids is 1. The lowest BCUT2D eigenvalue weighted by atomic mass is 10.2. The maximum Gasteiger partial charge on any atom is 0.303 e. The summed E-state index contributed by atoms with van der Waals surface area (Å²) in [6, 6.07) is 11.7. The summed E-state index contributed by atoms with van der Waals surface area (Å²) >= 11 is 0. The van der Waals surface area contributed by atoms with E-state index in [1.54, 1.807) is 49.6 Å². The molecule has 0 saturated heterocycles. The van der Waals surface area contributed by atoms with E-state index < -0.39 is 5.97 Å². The SMILES string of the molecule is COc1ccc(Oc2coc3cc(OCCCC(=O)O)ccc3c2=O)cc1. The van der Waals surface area contributed by atoms with E-state index in [0.717, 1.165) is 0 Å². The molecule has 2 aromatic carbocycles. The van der Waals surface area contributed by atoms with Crippen LogP contribution in [0.5, 0.6) is 23.0 Å². The summed E-state index contributed by atoms with van der Waals surface area (Å²) < 4.78 is 21.7. The van der Waals surface area contributed by atoms with Crippen molar-refractivity contribution in [3.63, 3.8) is 0 Å². The van der Waals surface area contributed by atoms with Crippen LogP contribution in [-0.4, -0.2) is 24.8 Å². The predicted octanol–water partition coefficient (Wildman–Crippen LogP) is 3.84. The van der Waals surface area contributed by atoms with Gasteiger partial charge in [-0.15, -0.1) is 0 Å². The number of carbonyl (C=O) groups is 1. The average Bonchev–Trinajstić information content (AvgIpc) is 2.68. The zero-order chi connectivity index (χ0) is 19.2. The number of benzene rings is 2. The maximum atomic E-state index is 12.6. The van der Waals surface area contributed by atoms with Gasteiger partial charge in [0.2, 0.25) is 11.2 Å². The van der Waals surface area contributed by atoms with Crippen LogP contribution >= 0.6 is 0 Å². The van der Waals surface area contributed by atoms with Gasteiger partial charge in [-0.25, -0.2) is 0 Å². The summed E-state index contributed by atoms with van der Waals surface area (Å²) in [5.41, 5.74) is 0.0577. The van der Waals surface area contributed by atoms with E-state index >= 15 is 0 Å². The van der Waals surface area contributed by atoms with Gasteiger partial charge in [0.05, 0.1) is 19.1 Å². The molecule has 0 amide bonds. The molecule has 7 heteroatoms. The lowest BCUT2D eigenvalue weighted by Crippen LogP contribution is -2.05. The zero-order valence-electron chi connectivity index (χ0n) is 14.6. The Hall–Kier alpha value is -3.48. The Morgan fingerprint density at radius 2 is 1.78 bits per heavy atom. The third kappa shape index (κ3) is 4.58. The van der Waals surface area contributed by atoms with Crippen molar-refractivity contribution in [3.8, 4) is 23.0 Å². The quantitative estimate of drug-likeness (QED) is 0.602. The molecule has 0 aliphatic rings. The highest BCUT2D eigenvalue weighted by atomic mass is 16.5.